The van der Waals surface area contributed by atoms with Gasteiger partial charge in [-0.15, -0.1) is 0 Å². The topological polar surface area (TPSA) is 47.8 Å². The van der Waals surface area contributed by atoms with Crippen molar-refractivity contribution in [3.8, 4) is 0 Å². The van der Waals surface area contributed by atoms with E-state index in [1.165, 1.54) is 11.5 Å². The first-order valence-corrected chi connectivity index (χ1v) is 4.98. The first-order chi connectivity index (χ1) is 6.68. The Balaban J connectivity index is 2.37. The average molecular weight is 207 g/mol. The van der Waals surface area contributed by atoms with E-state index < -0.39 is 0 Å². The Labute approximate surface area is 85.4 Å². The lowest BCUT2D eigenvalue weighted by atomic mass is 10.2. The predicted molar refractivity (Wildman–Crippen MR) is 53.5 cm³/mol. The lowest BCUT2D eigenvalue weighted by molar-refractivity contribution is 0.103. The molecule has 2 rings (SSSR count). The van der Waals surface area contributed by atoms with Crippen molar-refractivity contribution in [1.82, 2.24) is 14.2 Å². The van der Waals surface area contributed by atoms with Crippen LogP contribution in [0.25, 0.3) is 0 Å². The van der Waals surface area contributed by atoms with Crippen molar-refractivity contribution >= 4 is 17.3 Å². The van der Waals surface area contributed by atoms with E-state index in [0.717, 1.165) is 5.69 Å². The van der Waals surface area contributed by atoms with Crippen LogP contribution in [0.4, 0.5) is 0 Å². The first kappa shape index (κ1) is 9.08. The van der Waals surface area contributed by atoms with Gasteiger partial charge >= 0.3 is 0 Å². The van der Waals surface area contributed by atoms with Crippen molar-refractivity contribution in [3.05, 3.63) is 34.6 Å². The molecule has 72 valence electrons. The second-order valence-corrected chi connectivity index (χ2v) is 3.67. The summed E-state index contributed by atoms with van der Waals surface area (Å²) in [5.41, 5.74) is 1.88. The molecule has 0 aliphatic heterocycles. The van der Waals surface area contributed by atoms with Gasteiger partial charge in [0.05, 0.1) is 0 Å². The van der Waals surface area contributed by atoms with Crippen molar-refractivity contribution < 1.29 is 4.79 Å². The van der Waals surface area contributed by atoms with E-state index >= 15 is 0 Å². The molecule has 5 heteroatoms. The van der Waals surface area contributed by atoms with Crippen molar-refractivity contribution in [2.75, 3.05) is 0 Å². The number of carbonyl (C=O) groups is 1. The zero-order chi connectivity index (χ0) is 10.1. The zero-order valence-electron chi connectivity index (χ0n) is 7.89. The highest BCUT2D eigenvalue weighted by Crippen LogP contribution is 2.09. The van der Waals surface area contributed by atoms with E-state index in [4.69, 9.17) is 0 Å². The van der Waals surface area contributed by atoms with Crippen LogP contribution < -0.4 is 0 Å². The summed E-state index contributed by atoms with van der Waals surface area (Å²) in [6.45, 7) is 1.91. The molecule has 0 aromatic carbocycles. The standard InChI is InChI=1S/C9H9N3OS/c1-6-5-8(10-12(6)2)9(13)7-3-4-14-11-7/h3-5H,1-2H3. The van der Waals surface area contributed by atoms with Gasteiger partial charge in [0.25, 0.3) is 0 Å². The summed E-state index contributed by atoms with van der Waals surface area (Å²) in [7, 11) is 1.81. The lowest BCUT2D eigenvalue weighted by Crippen LogP contribution is -2.03. The first-order valence-electron chi connectivity index (χ1n) is 4.14. The fourth-order valence-corrected chi connectivity index (χ4v) is 1.64. The van der Waals surface area contributed by atoms with E-state index in [0.29, 0.717) is 11.4 Å². The molecule has 0 radical (unpaired) electrons. The highest BCUT2D eigenvalue weighted by Gasteiger charge is 2.14. The third-order valence-electron chi connectivity index (χ3n) is 2.02. The third-order valence-corrected chi connectivity index (χ3v) is 2.58. The van der Waals surface area contributed by atoms with Crippen LogP contribution in [0.2, 0.25) is 0 Å². The molecule has 0 atom stereocenters. The zero-order valence-corrected chi connectivity index (χ0v) is 8.71. The molecule has 0 fully saturated rings. The molecule has 0 aliphatic carbocycles. The maximum atomic E-state index is 11.7. The Hall–Kier alpha value is -1.49. The normalized spacial score (nSPS) is 10.4. The largest absolute Gasteiger partial charge is 0.285 e. The molecule has 2 heterocycles. The summed E-state index contributed by atoms with van der Waals surface area (Å²) in [5, 5.41) is 5.88. The molecular weight excluding hydrogens is 198 g/mol. The fourth-order valence-electron chi connectivity index (χ4n) is 1.13. The van der Waals surface area contributed by atoms with E-state index in [-0.39, 0.29) is 5.78 Å². The molecule has 14 heavy (non-hydrogen) atoms. The Kier molecular flexibility index (Phi) is 2.17. The van der Waals surface area contributed by atoms with Crippen molar-refractivity contribution in [1.29, 1.82) is 0 Å². The fraction of sp³-hybridized carbons (Fsp3) is 0.222. The molecule has 0 saturated heterocycles. The summed E-state index contributed by atoms with van der Waals surface area (Å²) < 4.78 is 5.65. The van der Waals surface area contributed by atoms with Gasteiger partial charge in [0.1, 0.15) is 11.4 Å². The van der Waals surface area contributed by atoms with Crippen molar-refractivity contribution in [2.45, 2.75) is 6.92 Å². The number of carbonyl (C=O) groups excluding carboxylic acids is 1. The van der Waals surface area contributed by atoms with Gasteiger partial charge in [-0.05, 0) is 30.6 Å². The molecule has 0 bridgehead atoms. The van der Waals surface area contributed by atoms with Gasteiger partial charge in [0.2, 0.25) is 5.78 Å². The average Bonchev–Trinajstić information content (AvgIpc) is 2.76. The van der Waals surface area contributed by atoms with Crippen molar-refractivity contribution in [2.24, 2.45) is 7.05 Å². The molecular formula is C9H9N3OS. The highest BCUT2D eigenvalue weighted by atomic mass is 32.1. The summed E-state index contributed by atoms with van der Waals surface area (Å²) in [5.74, 6) is -0.116. The van der Waals surface area contributed by atoms with Gasteiger partial charge in [-0.1, -0.05) is 0 Å². The minimum Gasteiger partial charge on any atom is -0.285 e. The minimum atomic E-state index is -0.116. The van der Waals surface area contributed by atoms with E-state index in [2.05, 4.69) is 9.47 Å². The Bertz CT molecular complexity index is 439. The second kappa shape index (κ2) is 3.34. The van der Waals surface area contributed by atoms with Crippen LogP contribution in [0.5, 0.6) is 0 Å². The van der Waals surface area contributed by atoms with Crippen LogP contribution in [0.15, 0.2) is 17.5 Å². The summed E-state index contributed by atoms with van der Waals surface area (Å²) in [6.07, 6.45) is 0. The van der Waals surface area contributed by atoms with E-state index in [1.807, 2.05) is 14.0 Å². The molecule has 0 amide bonds. The summed E-state index contributed by atoms with van der Waals surface area (Å²) in [6, 6.07) is 3.47. The molecule has 2 aromatic rings. The molecule has 0 aliphatic rings. The number of hydrogen-bond donors (Lipinski definition) is 0. The van der Waals surface area contributed by atoms with Crippen LogP contribution in [-0.4, -0.2) is 19.9 Å². The number of nitrogens with zero attached hydrogens (tertiary/aromatic N) is 3. The van der Waals surface area contributed by atoms with Crippen LogP contribution in [0.3, 0.4) is 0 Å². The molecule has 4 nitrogen and oxygen atoms in total. The molecule has 0 N–H and O–H groups in total. The SMILES string of the molecule is Cc1cc(C(=O)c2ccsn2)nn1C. The van der Waals surface area contributed by atoms with Gasteiger partial charge < -0.3 is 0 Å². The molecule has 0 spiro atoms. The smallest absolute Gasteiger partial charge is 0.232 e. The van der Waals surface area contributed by atoms with Gasteiger partial charge in [-0.2, -0.15) is 9.47 Å². The van der Waals surface area contributed by atoms with Gasteiger partial charge in [0.15, 0.2) is 0 Å². The number of rotatable bonds is 2. The van der Waals surface area contributed by atoms with Gasteiger partial charge in [-0.25, -0.2) is 0 Å². The highest BCUT2D eigenvalue weighted by molar-refractivity contribution is 7.03. The number of ketones is 1. The Morgan fingerprint density at radius 1 is 1.50 bits per heavy atom. The molecule has 0 unspecified atom stereocenters. The maximum absolute atomic E-state index is 11.7. The Morgan fingerprint density at radius 3 is 2.79 bits per heavy atom. The second-order valence-electron chi connectivity index (χ2n) is 3.01. The van der Waals surface area contributed by atoms with E-state index in [9.17, 15) is 4.79 Å². The predicted octanol–water partition coefficient (Wildman–Crippen LogP) is 1.42. The molecule has 2 aromatic heterocycles. The summed E-state index contributed by atoms with van der Waals surface area (Å²) in [4.78, 5) is 11.7. The van der Waals surface area contributed by atoms with Crippen LogP contribution >= 0.6 is 11.5 Å². The Morgan fingerprint density at radius 2 is 2.29 bits per heavy atom. The van der Waals surface area contributed by atoms with Crippen LogP contribution in [0, 0.1) is 6.92 Å². The quantitative estimate of drug-likeness (QED) is 0.700. The molecule has 0 saturated carbocycles. The number of hydrogen-bond acceptors (Lipinski definition) is 4. The number of aromatic nitrogens is 3. The minimum absolute atomic E-state index is 0.116. The van der Waals surface area contributed by atoms with E-state index in [1.54, 1.807) is 22.2 Å². The van der Waals surface area contributed by atoms with Gasteiger partial charge in [-0.3, -0.25) is 9.48 Å². The monoisotopic (exact) mass is 207 g/mol. The van der Waals surface area contributed by atoms with Crippen LogP contribution in [-0.2, 0) is 7.05 Å². The maximum Gasteiger partial charge on any atom is 0.232 e. The van der Waals surface area contributed by atoms with Crippen LogP contribution in [0.1, 0.15) is 21.9 Å². The summed E-state index contributed by atoms with van der Waals surface area (Å²) >= 11 is 1.27. The number of aryl methyl sites for hydroxylation is 2. The third kappa shape index (κ3) is 1.46. The lowest BCUT2D eigenvalue weighted by Gasteiger charge is -1.90. The van der Waals surface area contributed by atoms with Gasteiger partial charge in [0, 0.05) is 18.1 Å². The van der Waals surface area contributed by atoms with Crippen molar-refractivity contribution in [3.63, 3.8) is 0 Å².